The number of carbonyl (C=O) groups is 2. The molecule has 23 heavy (non-hydrogen) atoms. The standard InChI is InChI=1S/C15H18N2O4S.ClH/c1-3-21-11-5-4-10(8-12(11)20-2)9-13-14(18)17(7-6-16)15(19)22-13;/h4-5,8-9H,3,6-7,16H2,1-2H3;1H. The summed E-state index contributed by atoms with van der Waals surface area (Å²) < 4.78 is 10.7. The predicted octanol–water partition coefficient (Wildman–Crippen LogP) is 2.51. The fourth-order valence-corrected chi connectivity index (χ4v) is 2.89. The molecule has 1 saturated heterocycles. The Labute approximate surface area is 145 Å². The van der Waals surface area contributed by atoms with Crippen LogP contribution in [0.2, 0.25) is 0 Å². The van der Waals surface area contributed by atoms with E-state index in [9.17, 15) is 9.59 Å². The van der Waals surface area contributed by atoms with Gasteiger partial charge in [-0.05, 0) is 42.5 Å². The Balaban J connectivity index is 0.00000264. The van der Waals surface area contributed by atoms with Crippen molar-refractivity contribution in [2.75, 3.05) is 26.8 Å². The van der Waals surface area contributed by atoms with Gasteiger partial charge in [-0.15, -0.1) is 12.4 Å². The molecule has 2 amide bonds. The average Bonchev–Trinajstić information content (AvgIpc) is 2.77. The number of hydrogen-bond donors (Lipinski definition) is 1. The van der Waals surface area contributed by atoms with Crippen LogP contribution in [0.15, 0.2) is 23.1 Å². The molecule has 1 fully saturated rings. The lowest BCUT2D eigenvalue weighted by molar-refractivity contribution is -0.122. The van der Waals surface area contributed by atoms with Crippen LogP contribution in [0.25, 0.3) is 6.08 Å². The van der Waals surface area contributed by atoms with E-state index in [1.165, 1.54) is 0 Å². The number of thioether (sulfide) groups is 1. The maximum atomic E-state index is 12.1. The first-order valence-corrected chi connectivity index (χ1v) is 7.68. The minimum Gasteiger partial charge on any atom is -0.493 e. The minimum absolute atomic E-state index is 0. The van der Waals surface area contributed by atoms with Crippen molar-refractivity contribution < 1.29 is 19.1 Å². The summed E-state index contributed by atoms with van der Waals surface area (Å²) in [5, 5.41) is -0.292. The van der Waals surface area contributed by atoms with Gasteiger partial charge in [0.25, 0.3) is 11.1 Å². The van der Waals surface area contributed by atoms with Gasteiger partial charge in [0, 0.05) is 13.1 Å². The minimum atomic E-state index is -0.312. The number of benzene rings is 1. The van der Waals surface area contributed by atoms with Crippen molar-refractivity contribution in [2.45, 2.75) is 6.92 Å². The monoisotopic (exact) mass is 358 g/mol. The largest absolute Gasteiger partial charge is 0.493 e. The van der Waals surface area contributed by atoms with Gasteiger partial charge in [0.2, 0.25) is 0 Å². The predicted molar refractivity (Wildman–Crippen MR) is 93.1 cm³/mol. The number of hydrogen-bond acceptors (Lipinski definition) is 6. The van der Waals surface area contributed by atoms with Crippen molar-refractivity contribution in [1.29, 1.82) is 0 Å². The lowest BCUT2D eigenvalue weighted by Gasteiger charge is -2.10. The van der Waals surface area contributed by atoms with Crippen LogP contribution in [-0.2, 0) is 4.79 Å². The molecule has 0 aliphatic carbocycles. The van der Waals surface area contributed by atoms with Gasteiger partial charge < -0.3 is 15.2 Å². The molecule has 1 heterocycles. The van der Waals surface area contributed by atoms with Gasteiger partial charge in [0.1, 0.15) is 0 Å². The summed E-state index contributed by atoms with van der Waals surface area (Å²) in [5.41, 5.74) is 6.17. The molecule has 0 aromatic heterocycles. The zero-order valence-electron chi connectivity index (χ0n) is 12.9. The molecule has 1 aliphatic rings. The van der Waals surface area contributed by atoms with Crippen LogP contribution in [0.5, 0.6) is 11.5 Å². The number of carbonyl (C=O) groups excluding carboxylic acids is 2. The molecule has 1 aliphatic heterocycles. The summed E-state index contributed by atoms with van der Waals surface area (Å²) in [5.74, 6) is 0.906. The molecule has 6 nitrogen and oxygen atoms in total. The molecule has 0 spiro atoms. The summed E-state index contributed by atoms with van der Waals surface area (Å²) in [6, 6.07) is 5.35. The first-order chi connectivity index (χ1) is 10.6. The number of imide groups is 1. The topological polar surface area (TPSA) is 81.9 Å². The van der Waals surface area contributed by atoms with E-state index in [-0.39, 0.29) is 36.6 Å². The Morgan fingerprint density at radius 2 is 2.04 bits per heavy atom. The second-order valence-electron chi connectivity index (χ2n) is 4.47. The lowest BCUT2D eigenvalue weighted by Crippen LogP contribution is -2.33. The Morgan fingerprint density at radius 3 is 2.65 bits per heavy atom. The normalized spacial score (nSPS) is 15.8. The highest BCUT2D eigenvalue weighted by atomic mass is 35.5. The maximum absolute atomic E-state index is 12.1. The molecule has 0 radical (unpaired) electrons. The molecular weight excluding hydrogens is 340 g/mol. The first kappa shape index (κ1) is 19.3. The maximum Gasteiger partial charge on any atom is 0.293 e. The zero-order chi connectivity index (χ0) is 16.1. The van der Waals surface area contributed by atoms with Crippen LogP contribution in [0.1, 0.15) is 12.5 Å². The molecule has 8 heteroatoms. The Kier molecular flexibility index (Phi) is 7.41. The Morgan fingerprint density at radius 1 is 1.30 bits per heavy atom. The molecule has 1 aromatic carbocycles. The molecule has 0 atom stereocenters. The number of halogens is 1. The van der Waals surface area contributed by atoms with Crippen molar-refractivity contribution in [3.63, 3.8) is 0 Å². The van der Waals surface area contributed by atoms with E-state index in [0.29, 0.717) is 23.0 Å². The van der Waals surface area contributed by atoms with Crippen molar-refractivity contribution in [1.82, 2.24) is 4.90 Å². The third kappa shape index (κ3) is 4.40. The van der Waals surface area contributed by atoms with Gasteiger partial charge in [0.05, 0.1) is 18.6 Å². The molecule has 0 unspecified atom stereocenters. The summed E-state index contributed by atoms with van der Waals surface area (Å²) >= 11 is 0.915. The van der Waals surface area contributed by atoms with Gasteiger partial charge in [-0.25, -0.2) is 0 Å². The van der Waals surface area contributed by atoms with Crippen LogP contribution in [-0.4, -0.2) is 42.9 Å². The fraction of sp³-hybridized carbons (Fsp3) is 0.333. The second kappa shape index (κ2) is 8.81. The van der Waals surface area contributed by atoms with E-state index in [1.54, 1.807) is 25.3 Å². The van der Waals surface area contributed by atoms with E-state index in [1.807, 2.05) is 13.0 Å². The molecule has 1 aromatic rings. The summed E-state index contributed by atoms with van der Waals surface area (Å²) in [6.07, 6.45) is 1.67. The van der Waals surface area contributed by atoms with Crippen LogP contribution >= 0.6 is 24.2 Å². The second-order valence-corrected chi connectivity index (χ2v) is 5.46. The molecular formula is C15H19ClN2O4S. The third-order valence-corrected chi connectivity index (χ3v) is 3.92. The van der Waals surface area contributed by atoms with Gasteiger partial charge in [-0.2, -0.15) is 0 Å². The van der Waals surface area contributed by atoms with E-state index in [0.717, 1.165) is 22.2 Å². The van der Waals surface area contributed by atoms with Gasteiger partial charge in [-0.1, -0.05) is 6.07 Å². The number of nitrogens with zero attached hydrogens (tertiary/aromatic N) is 1. The van der Waals surface area contributed by atoms with Gasteiger partial charge in [-0.3, -0.25) is 14.5 Å². The van der Waals surface area contributed by atoms with Gasteiger partial charge >= 0.3 is 0 Å². The Hall–Kier alpha value is -1.70. The lowest BCUT2D eigenvalue weighted by atomic mass is 10.2. The van der Waals surface area contributed by atoms with E-state index >= 15 is 0 Å². The smallest absolute Gasteiger partial charge is 0.293 e. The van der Waals surface area contributed by atoms with Crippen molar-refractivity contribution >= 4 is 41.4 Å². The van der Waals surface area contributed by atoms with E-state index in [4.69, 9.17) is 15.2 Å². The summed E-state index contributed by atoms with van der Waals surface area (Å²) in [6.45, 7) is 2.91. The number of nitrogens with two attached hydrogens (primary N) is 1. The zero-order valence-corrected chi connectivity index (χ0v) is 14.5. The molecule has 0 saturated carbocycles. The van der Waals surface area contributed by atoms with Crippen molar-refractivity contribution in [2.24, 2.45) is 5.73 Å². The van der Waals surface area contributed by atoms with E-state index < -0.39 is 0 Å². The third-order valence-electron chi connectivity index (χ3n) is 3.01. The van der Waals surface area contributed by atoms with Crippen LogP contribution in [0, 0.1) is 0 Å². The molecule has 0 bridgehead atoms. The first-order valence-electron chi connectivity index (χ1n) is 6.87. The van der Waals surface area contributed by atoms with Crippen LogP contribution in [0.3, 0.4) is 0 Å². The number of amides is 2. The highest BCUT2D eigenvalue weighted by Crippen LogP contribution is 2.34. The number of rotatable bonds is 6. The SMILES string of the molecule is CCOc1ccc(C=C2SC(=O)N(CCN)C2=O)cc1OC.Cl. The van der Waals surface area contributed by atoms with Crippen LogP contribution in [0.4, 0.5) is 4.79 Å². The highest BCUT2D eigenvalue weighted by molar-refractivity contribution is 8.18. The summed E-state index contributed by atoms with van der Waals surface area (Å²) in [7, 11) is 1.55. The van der Waals surface area contributed by atoms with Crippen LogP contribution < -0.4 is 15.2 Å². The van der Waals surface area contributed by atoms with Gasteiger partial charge in [0.15, 0.2) is 11.5 Å². The molecule has 2 rings (SSSR count). The quantitative estimate of drug-likeness (QED) is 0.787. The average molecular weight is 359 g/mol. The fourth-order valence-electron chi connectivity index (χ4n) is 2.02. The van der Waals surface area contributed by atoms with E-state index in [2.05, 4.69) is 0 Å². The van der Waals surface area contributed by atoms with Crippen molar-refractivity contribution in [3.05, 3.63) is 28.7 Å². The Bertz CT molecular complexity index is 621. The molecule has 2 N–H and O–H groups in total. The highest BCUT2D eigenvalue weighted by Gasteiger charge is 2.34. The summed E-state index contributed by atoms with van der Waals surface area (Å²) in [4.78, 5) is 25.4. The number of methoxy groups -OCH3 is 1. The number of ether oxygens (including phenoxy) is 2. The van der Waals surface area contributed by atoms with Crippen molar-refractivity contribution in [3.8, 4) is 11.5 Å². The molecule has 126 valence electrons.